The van der Waals surface area contributed by atoms with Crippen LogP contribution in [-0.4, -0.2) is 17.4 Å². The summed E-state index contributed by atoms with van der Waals surface area (Å²) in [7, 11) is 0. The van der Waals surface area contributed by atoms with Crippen molar-refractivity contribution in [3.63, 3.8) is 0 Å². The third kappa shape index (κ3) is 2.67. The van der Waals surface area contributed by atoms with Crippen molar-refractivity contribution in [3.8, 4) is 0 Å². The highest BCUT2D eigenvalue weighted by Crippen LogP contribution is 2.37. The molecule has 1 amide bonds. The quantitative estimate of drug-likeness (QED) is 0.644. The van der Waals surface area contributed by atoms with Gasteiger partial charge in [0.2, 0.25) is 5.91 Å². The number of para-hydroxylation sites is 1. The maximum absolute atomic E-state index is 12.5. The van der Waals surface area contributed by atoms with Crippen LogP contribution in [0.15, 0.2) is 42.5 Å². The van der Waals surface area contributed by atoms with Crippen LogP contribution in [0.1, 0.15) is 11.1 Å². The van der Waals surface area contributed by atoms with E-state index in [1.165, 1.54) is 11.0 Å². The first-order valence-corrected chi connectivity index (χ1v) is 7.25. The van der Waals surface area contributed by atoms with Crippen molar-refractivity contribution in [2.24, 2.45) is 0 Å². The fraction of sp³-hybridized carbons (Fsp3) is 0.188. The third-order valence-electron chi connectivity index (χ3n) is 3.72. The third-order valence-corrected chi connectivity index (χ3v) is 3.95. The fourth-order valence-corrected chi connectivity index (χ4v) is 2.96. The molecule has 0 bridgehead atoms. The second-order valence-corrected chi connectivity index (χ2v) is 5.58. The molecule has 2 aromatic carbocycles. The summed E-state index contributed by atoms with van der Waals surface area (Å²) < 4.78 is 0. The molecule has 1 aliphatic rings. The number of anilines is 1. The molecule has 22 heavy (non-hydrogen) atoms. The second kappa shape index (κ2) is 5.77. The summed E-state index contributed by atoms with van der Waals surface area (Å²) in [5.74, 6) is -0.157. The molecule has 2 aromatic rings. The van der Waals surface area contributed by atoms with Gasteiger partial charge in [-0.2, -0.15) is 0 Å². The van der Waals surface area contributed by atoms with Crippen LogP contribution in [-0.2, 0) is 17.6 Å². The van der Waals surface area contributed by atoms with Crippen molar-refractivity contribution in [3.05, 3.63) is 68.7 Å². The Balaban J connectivity index is 1.89. The minimum atomic E-state index is -0.441. The monoisotopic (exact) mass is 316 g/mol. The molecule has 112 valence electrons. The average molecular weight is 317 g/mol. The number of benzene rings is 2. The van der Waals surface area contributed by atoms with Crippen LogP contribution >= 0.6 is 11.6 Å². The van der Waals surface area contributed by atoms with Gasteiger partial charge in [-0.25, -0.2) is 0 Å². The maximum Gasteiger partial charge on any atom is 0.293 e. The SMILES string of the molecule is O=C(Cc1cccc(Cl)c1)N1CCc2cccc([N+](=O)[O-])c21. The van der Waals surface area contributed by atoms with Crippen LogP contribution in [0.4, 0.5) is 11.4 Å². The number of nitrogens with zero attached hydrogens (tertiary/aromatic N) is 2. The van der Waals surface area contributed by atoms with Crippen molar-refractivity contribution in [1.29, 1.82) is 0 Å². The highest BCUT2D eigenvalue weighted by molar-refractivity contribution is 6.30. The lowest BCUT2D eigenvalue weighted by molar-refractivity contribution is -0.384. The number of nitro benzene ring substituents is 1. The minimum Gasteiger partial charge on any atom is -0.306 e. The van der Waals surface area contributed by atoms with E-state index < -0.39 is 4.92 Å². The van der Waals surface area contributed by atoms with Crippen molar-refractivity contribution < 1.29 is 9.72 Å². The lowest BCUT2D eigenvalue weighted by Crippen LogP contribution is -2.30. The minimum absolute atomic E-state index is 0.0190. The standard InChI is InChI=1S/C16H13ClN2O3/c17-13-5-1-3-11(9-13)10-15(20)18-8-7-12-4-2-6-14(16(12)18)19(21)22/h1-6,9H,7-8,10H2. The predicted octanol–water partition coefficient (Wildman–Crippen LogP) is 3.38. The van der Waals surface area contributed by atoms with E-state index in [-0.39, 0.29) is 18.0 Å². The normalized spacial score (nSPS) is 13.0. The summed E-state index contributed by atoms with van der Waals surface area (Å²) >= 11 is 5.92. The summed E-state index contributed by atoms with van der Waals surface area (Å²) in [4.78, 5) is 24.8. The zero-order chi connectivity index (χ0) is 15.7. The molecular formula is C16H13ClN2O3. The van der Waals surface area contributed by atoms with Gasteiger partial charge in [0.1, 0.15) is 5.69 Å². The van der Waals surface area contributed by atoms with Crippen LogP contribution in [0, 0.1) is 10.1 Å². The predicted molar refractivity (Wildman–Crippen MR) is 84.3 cm³/mol. The molecular weight excluding hydrogens is 304 g/mol. The number of hydrogen-bond acceptors (Lipinski definition) is 3. The summed E-state index contributed by atoms with van der Waals surface area (Å²) in [5, 5.41) is 11.7. The second-order valence-electron chi connectivity index (χ2n) is 5.14. The summed E-state index contributed by atoms with van der Waals surface area (Å²) in [6.07, 6.45) is 0.810. The first-order valence-electron chi connectivity index (χ1n) is 6.87. The molecule has 0 radical (unpaired) electrons. The number of carbonyl (C=O) groups is 1. The van der Waals surface area contributed by atoms with Crippen LogP contribution in [0.3, 0.4) is 0 Å². The average Bonchev–Trinajstić information content (AvgIpc) is 2.91. The maximum atomic E-state index is 12.5. The van der Waals surface area contributed by atoms with Crippen molar-refractivity contribution in [2.75, 3.05) is 11.4 Å². The smallest absolute Gasteiger partial charge is 0.293 e. The summed E-state index contributed by atoms with van der Waals surface area (Å²) in [6, 6.07) is 12.0. The van der Waals surface area contributed by atoms with Gasteiger partial charge in [0.15, 0.2) is 0 Å². The Hall–Kier alpha value is -2.40. The van der Waals surface area contributed by atoms with Gasteiger partial charge in [-0.3, -0.25) is 14.9 Å². The number of rotatable bonds is 3. The van der Waals surface area contributed by atoms with Gasteiger partial charge in [0, 0.05) is 17.6 Å². The molecule has 0 fully saturated rings. The largest absolute Gasteiger partial charge is 0.306 e. The molecule has 5 nitrogen and oxygen atoms in total. The topological polar surface area (TPSA) is 63.5 Å². The van der Waals surface area contributed by atoms with Crippen LogP contribution < -0.4 is 4.90 Å². The molecule has 0 N–H and O–H groups in total. The molecule has 1 aliphatic heterocycles. The Morgan fingerprint density at radius 1 is 1.27 bits per heavy atom. The van der Waals surface area contributed by atoms with E-state index in [1.54, 1.807) is 24.3 Å². The van der Waals surface area contributed by atoms with Gasteiger partial charge in [-0.15, -0.1) is 0 Å². The number of halogens is 1. The lowest BCUT2D eigenvalue weighted by atomic mass is 10.1. The number of hydrogen-bond donors (Lipinski definition) is 0. The Morgan fingerprint density at radius 3 is 2.77 bits per heavy atom. The zero-order valence-corrected chi connectivity index (χ0v) is 12.4. The first-order chi connectivity index (χ1) is 10.6. The molecule has 0 spiro atoms. The van der Waals surface area contributed by atoms with Crippen molar-refractivity contribution >= 4 is 28.9 Å². The van der Waals surface area contributed by atoms with E-state index in [2.05, 4.69) is 0 Å². The van der Waals surface area contributed by atoms with Crippen molar-refractivity contribution in [1.82, 2.24) is 0 Å². The van der Waals surface area contributed by atoms with Gasteiger partial charge in [0.25, 0.3) is 5.69 Å². The molecule has 3 rings (SSSR count). The van der Waals surface area contributed by atoms with E-state index >= 15 is 0 Å². The van der Waals surface area contributed by atoms with E-state index in [0.717, 1.165) is 11.1 Å². The van der Waals surface area contributed by atoms with Crippen LogP contribution in [0.5, 0.6) is 0 Å². The van der Waals surface area contributed by atoms with E-state index in [0.29, 0.717) is 23.7 Å². The van der Waals surface area contributed by atoms with Gasteiger partial charge in [0.05, 0.1) is 11.3 Å². The Bertz CT molecular complexity index is 761. The summed E-state index contributed by atoms with van der Waals surface area (Å²) in [5.41, 5.74) is 2.05. The molecule has 0 atom stereocenters. The highest BCUT2D eigenvalue weighted by atomic mass is 35.5. The molecule has 6 heteroatoms. The Morgan fingerprint density at radius 2 is 2.05 bits per heavy atom. The molecule has 0 aromatic heterocycles. The number of carbonyl (C=O) groups excluding carboxylic acids is 1. The number of amides is 1. The van der Waals surface area contributed by atoms with E-state index in [1.807, 2.05) is 12.1 Å². The Labute approximate surface area is 132 Å². The molecule has 0 saturated heterocycles. The molecule has 0 unspecified atom stereocenters. The van der Waals surface area contributed by atoms with Crippen LogP contribution in [0.2, 0.25) is 5.02 Å². The lowest BCUT2D eigenvalue weighted by Gasteiger charge is -2.17. The van der Waals surface area contributed by atoms with Crippen LogP contribution in [0.25, 0.3) is 0 Å². The first kappa shape index (κ1) is 14.5. The fourth-order valence-electron chi connectivity index (χ4n) is 2.75. The Kier molecular flexibility index (Phi) is 3.81. The highest BCUT2D eigenvalue weighted by Gasteiger charge is 2.31. The van der Waals surface area contributed by atoms with E-state index in [4.69, 9.17) is 11.6 Å². The molecule has 0 aliphatic carbocycles. The molecule has 0 saturated carbocycles. The van der Waals surface area contributed by atoms with Gasteiger partial charge in [-0.05, 0) is 29.7 Å². The van der Waals surface area contributed by atoms with Gasteiger partial charge < -0.3 is 4.90 Å². The van der Waals surface area contributed by atoms with Gasteiger partial charge >= 0.3 is 0 Å². The zero-order valence-electron chi connectivity index (χ0n) is 11.7. The summed E-state index contributed by atoms with van der Waals surface area (Å²) in [6.45, 7) is 0.472. The van der Waals surface area contributed by atoms with Gasteiger partial charge in [-0.1, -0.05) is 35.9 Å². The van der Waals surface area contributed by atoms with Crippen molar-refractivity contribution in [2.45, 2.75) is 12.8 Å². The number of nitro groups is 1. The van der Waals surface area contributed by atoms with E-state index in [9.17, 15) is 14.9 Å². The number of fused-ring (bicyclic) bond motifs is 1. The molecule has 1 heterocycles.